The Morgan fingerprint density at radius 2 is 1.62 bits per heavy atom. The molecule has 1 aliphatic heterocycles. The van der Waals surface area contributed by atoms with Gasteiger partial charge in [0.1, 0.15) is 0 Å². The number of para-hydroxylation sites is 2. The van der Waals surface area contributed by atoms with Crippen LogP contribution in [0, 0.1) is 5.92 Å². The third-order valence-corrected chi connectivity index (χ3v) is 6.27. The van der Waals surface area contributed by atoms with Crippen molar-refractivity contribution in [2.75, 3.05) is 13.1 Å². The van der Waals surface area contributed by atoms with Gasteiger partial charge in [0, 0.05) is 25.2 Å². The predicted octanol–water partition coefficient (Wildman–Crippen LogP) is 5.76. The third-order valence-electron chi connectivity index (χ3n) is 6.27. The molecule has 4 nitrogen and oxygen atoms in total. The number of aromatic nitrogens is 2. The topological polar surface area (TPSA) is 38.1 Å². The standard InChI is InChI=1S/C25H22F3N3O/c26-25(27,28)24-29-21-10-3-4-11-22(21)31(24)16-17-12-14-30(15-13-17)23(32)20-9-5-7-18-6-1-2-8-19(18)20/h1-11,17H,12-16H2. The molecule has 7 heteroatoms. The van der Waals surface area contributed by atoms with E-state index in [2.05, 4.69) is 4.98 Å². The SMILES string of the molecule is O=C(c1cccc2ccccc12)N1CCC(Cn2c(C(F)(F)F)nc3ccccc32)CC1. The molecular formula is C25H22F3N3O. The highest BCUT2D eigenvalue weighted by molar-refractivity contribution is 6.07. The number of nitrogens with zero attached hydrogens (tertiary/aromatic N) is 3. The van der Waals surface area contributed by atoms with E-state index in [4.69, 9.17) is 0 Å². The van der Waals surface area contributed by atoms with Gasteiger partial charge in [0.2, 0.25) is 5.82 Å². The molecule has 1 aliphatic rings. The Morgan fingerprint density at radius 3 is 2.41 bits per heavy atom. The minimum absolute atomic E-state index is 0.0238. The smallest absolute Gasteiger partial charge is 0.339 e. The van der Waals surface area contributed by atoms with Crippen molar-refractivity contribution in [3.8, 4) is 0 Å². The number of piperidine rings is 1. The van der Waals surface area contributed by atoms with E-state index in [1.54, 1.807) is 24.3 Å². The van der Waals surface area contributed by atoms with Gasteiger partial charge in [-0.3, -0.25) is 4.79 Å². The van der Waals surface area contributed by atoms with E-state index in [9.17, 15) is 18.0 Å². The lowest BCUT2D eigenvalue weighted by Gasteiger charge is -2.33. The summed E-state index contributed by atoms with van der Waals surface area (Å²) >= 11 is 0. The van der Waals surface area contributed by atoms with Gasteiger partial charge in [-0.05, 0) is 47.7 Å². The number of amides is 1. The molecule has 0 bridgehead atoms. The molecule has 32 heavy (non-hydrogen) atoms. The van der Waals surface area contributed by atoms with Crippen molar-refractivity contribution in [3.05, 3.63) is 78.1 Å². The van der Waals surface area contributed by atoms with Crippen LogP contribution in [0.25, 0.3) is 21.8 Å². The number of imidazole rings is 1. The maximum atomic E-state index is 13.6. The predicted molar refractivity (Wildman–Crippen MR) is 117 cm³/mol. The zero-order valence-electron chi connectivity index (χ0n) is 17.3. The van der Waals surface area contributed by atoms with E-state index in [1.807, 2.05) is 47.4 Å². The zero-order valence-corrected chi connectivity index (χ0v) is 17.3. The maximum absolute atomic E-state index is 13.6. The fourth-order valence-corrected chi connectivity index (χ4v) is 4.64. The Bertz CT molecular complexity index is 1280. The Kier molecular flexibility index (Phi) is 5.12. The van der Waals surface area contributed by atoms with Crippen LogP contribution in [0.4, 0.5) is 13.2 Å². The number of rotatable bonds is 3. The van der Waals surface area contributed by atoms with E-state index < -0.39 is 12.0 Å². The highest BCUT2D eigenvalue weighted by Gasteiger charge is 2.38. The molecule has 4 aromatic rings. The number of fused-ring (bicyclic) bond motifs is 2. The summed E-state index contributed by atoms with van der Waals surface area (Å²) in [6.07, 6.45) is -3.20. The molecule has 0 radical (unpaired) electrons. The summed E-state index contributed by atoms with van der Waals surface area (Å²) < 4.78 is 42.1. The number of hydrogen-bond acceptors (Lipinski definition) is 2. The molecule has 1 saturated heterocycles. The lowest BCUT2D eigenvalue weighted by atomic mass is 9.95. The summed E-state index contributed by atoms with van der Waals surface area (Å²) in [7, 11) is 0. The van der Waals surface area contributed by atoms with Crippen LogP contribution < -0.4 is 0 Å². The van der Waals surface area contributed by atoms with Crippen molar-refractivity contribution < 1.29 is 18.0 Å². The first-order valence-corrected chi connectivity index (χ1v) is 10.7. The normalized spacial score (nSPS) is 15.5. The highest BCUT2D eigenvalue weighted by Crippen LogP contribution is 2.33. The van der Waals surface area contributed by atoms with Crippen molar-refractivity contribution >= 4 is 27.7 Å². The molecular weight excluding hydrogens is 415 g/mol. The average molecular weight is 437 g/mol. The van der Waals surface area contributed by atoms with E-state index >= 15 is 0 Å². The molecule has 0 N–H and O–H groups in total. The van der Waals surface area contributed by atoms with E-state index in [-0.39, 0.29) is 18.4 Å². The van der Waals surface area contributed by atoms with Gasteiger partial charge in [-0.25, -0.2) is 4.98 Å². The number of halogens is 3. The first kappa shape index (κ1) is 20.5. The van der Waals surface area contributed by atoms with Crippen molar-refractivity contribution in [3.63, 3.8) is 0 Å². The quantitative estimate of drug-likeness (QED) is 0.409. The Balaban J connectivity index is 1.33. The number of hydrogen-bond donors (Lipinski definition) is 0. The molecule has 0 saturated carbocycles. The molecule has 1 fully saturated rings. The lowest BCUT2D eigenvalue weighted by Crippen LogP contribution is -2.39. The van der Waals surface area contributed by atoms with Crippen LogP contribution in [0.1, 0.15) is 29.0 Å². The van der Waals surface area contributed by atoms with Crippen molar-refractivity contribution in [2.45, 2.75) is 25.6 Å². The second-order valence-electron chi connectivity index (χ2n) is 8.29. The Morgan fingerprint density at radius 1 is 0.938 bits per heavy atom. The fourth-order valence-electron chi connectivity index (χ4n) is 4.64. The van der Waals surface area contributed by atoms with Crippen molar-refractivity contribution in [2.24, 2.45) is 5.92 Å². The van der Waals surface area contributed by atoms with E-state index in [1.165, 1.54) is 4.57 Å². The van der Waals surface area contributed by atoms with Crippen LogP contribution in [0.3, 0.4) is 0 Å². The first-order chi connectivity index (χ1) is 15.4. The van der Waals surface area contributed by atoms with Crippen LogP contribution in [-0.4, -0.2) is 33.4 Å². The summed E-state index contributed by atoms with van der Waals surface area (Å²) in [5.74, 6) is -0.831. The van der Waals surface area contributed by atoms with Crippen LogP contribution in [0.2, 0.25) is 0 Å². The van der Waals surface area contributed by atoms with E-state index in [0.29, 0.717) is 42.5 Å². The fraction of sp³-hybridized carbons (Fsp3) is 0.280. The molecule has 1 aromatic heterocycles. The molecule has 0 unspecified atom stereocenters. The Labute approximate surface area is 183 Å². The number of likely N-dealkylation sites (tertiary alicyclic amines) is 1. The van der Waals surface area contributed by atoms with E-state index in [0.717, 1.165) is 10.8 Å². The highest BCUT2D eigenvalue weighted by atomic mass is 19.4. The zero-order chi connectivity index (χ0) is 22.3. The lowest BCUT2D eigenvalue weighted by molar-refractivity contribution is -0.147. The molecule has 164 valence electrons. The summed E-state index contributed by atoms with van der Waals surface area (Å²) in [6.45, 7) is 1.30. The van der Waals surface area contributed by atoms with Gasteiger partial charge in [-0.2, -0.15) is 13.2 Å². The molecule has 1 amide bonds. The minimum Gasteiger partial charge on any atom is -0.339 e. The van der Waals surface area contributed by atoms with Gasteiger partial charge < -0.3 is 9.47 Å². The van der Waals surface area contributed by atoms with Gasteiger partial charge in [0.05, 0.1) is 11.0 Å². The number of alkyl halides is 3. The van der Waals surface area contributed by atoms with Gasteiger partial charge in [0.15, 0.2) is 0 Å². The van der Waals surface area contributed by atoms with Crippen molar-refractivity contribution in [1.29, 1.82) is 0 Å². The molecule has 3 aromatic carbocycles. The number of benzene rings is 3. The van der Waals surface area contributed by atoms with Gasteiger partial charge in [0.25, 0.3) is 5.91 Å². The molecule has 5 rings (SSSR count). The van der Waals surface area contributed by atoms with Gasteiger partial charge in [-0.1, -0.05) is 48.5 Å². The first-order valence-electron chi connectivity index (χ1n) is 10.7. The molecule has 0 spiro atoms. The van der Waals surface area contributed by atoms with Gasteiger partial charge >= 0.3 is 6.18 Å². The summed E-state index contributed by atoms with van der Waals surface area (Å²) in [5, 5.41) is 1.93. The Hall–Kier alpha value is -3.35. The van der Waals surface area contributed by atoms with Crippen LogP contribution >= 0.6 is 0 Å². The molecule has 0 aliphatic carbocycles. The average Bonchev–Trinajstić information content (AvgIpc) is 3.18. The second-order valence-corrected chi connectivity index (χ2v) is 8.29. The maximum Gasteiger partial charge on any atom is 0.449 e. The third kappa shape index (κ3) is 3.72. The largest absolute Gasteiger partial charge is 0.449 e. The summed E-state index contributed by atoms with van der Waals surface area (Å²) in [5.41, 5.74) is 1.51. The van der Waals surface area contributed by atoms with Gasteiger partial charge in [-0.15, -0.1) is 0 Å². The monoisotopic (exact) mass is 437 g/mol. The number of carbonyl (C=O) groups excluding carboxylic acids is 1. The summed E-state index contributed by atoms with van der Waals surface area (Å²) in [4.78, 5) is 18.8. The minimum atomic E-state index is -4.51. The number of carbonyl (C=O) groups is 1. The molecule has 2 heterocycles. The summed E-state index contributed by atoms with van der Waals surface area (Å²) in [6, 6.07) is 20.2. The molecule has 0 atom stereocenters. The van der Waals surface area contributed by atoms with Crippen LogP contribution in [-0.2, 0) is 12.7 Å². The van der Waals surface area contributed by atoms with Crippen molar-refractivity contribution in [1.82, 2.24) is 14.5 Å². The van der Waals surface area contributed by atoms with Crippen LogP contribution in [0.5, 0.6) is 0 Å². The second kappa shape index (κ2) is 7.97. The van der Waals surface area contributed by atoms with Crippen LogP contribution in [0.15, 0.2) is 66.7 Å².